The summed E-state index contributed by atoms with van der Waals surface area (Å²) < 4.78 is 16.7. The van der Waals surface area contributed by atoms with Crippen LogP contribution in [0.15, 0.2) is 134 Å². The molecule has 0 aliphatic rings. The van der Waals surface area contributed by atoms with E-state index in [2.05, 4.69) is 154 Å². The molecular formula is C60H94O6. The fourth-order valence-electron chi connectivity index (χ4n) is 6.47. The third kappa shape index (κ3) is 50.5. The maximum absolute atomic E-state index is 12.8. The average Bonchev–Trinajstić information content (AvgIpc) is 3.31. The fraction of sp³-hybridized carbons (Fsp3) is 0.583. The Kier molecular flexibility index (Phi) is 49.6. The van der Waals surface area contributed by atoms with Gasteiger partial charge in [-0.15, -0.1) is 0 Å². The highest BCUT2D eigenvalue weighted by Crippen LogP contribution is 2.12. The first-order chi connectivity index (χ1) is 32.5. The number of carbonyl (C=O) groups is 3. The molecule has 1 unspecified atom stereocenters. The van der Waals surface area contributed by atoms with Crippen LogP contribution < -0.4 is 0 Å². The van der Waals surface area contributed by atoms with Gasteiger partial charge in [-0.25, -0.2) is 0 Å². The second-order valence-electron chi connectivity index (χ2n) is 16.7. The van der Waals surface area contributed by atoms with Crippen molar-refractivity contribution in [2.75, 3.05) is 13.2 Å². The van der Waals surface area contributed by atoms with Crippen LogP contribution >= 0.6 is 0 Å². The molecule has 0 heterocycles. The molecule has 0 rings (SSSR count). The molecule has 0 saturated heterocycles. The van der Waals surface area contributed by atoms with Crippen molar-refractivity contribution in [1.29, 1.82) is 0 Å². The van der Waals surface area contributed by atoms with Gasteiger partial charge in [0, 0.05) is 19.3 Å². The second-order valence-corrected chi connectivity index (χ2v) is 16.7. The van der Waals surface area contributed by atoms with Crippen molar-refractivity contribution in [2.45, 2.75) is 213 Å². The van der Waals surface area contributed by atoms with E-state index in [0.29, 0.717) is 19.3 Å². The summed E-state index contributed by atoms with van der Waals surface area (Å²) in [6.07, 6.45) is 74.3. The quantitative estimate of drug-likeness (QED) is 0.0262. The van der Waals surface area contributed by atoms with Gasteiger partial charge in [-0.1, -0.05) is 193 Å². The summed E-state index contributed by atoms with van der Waals surface area (Å²) in [5, 5.41) is 0. The number of ether oxygens (including phenoxy) is 3. The Balaban J connectivity index is 4.56. The van der Waals surface area contributed by atoms with Crippen LogP contribution in [0.5, 0.6) is 0 Å². The van der Waals surface area contributed by atoms with Gasteiger partial charge in [0.05, 0.1) is 0 Å². The molecule has 1 atom stereocenters. The molecule has 66 heavy (non-hydrogen) atoms. The van der Waals surface area contributed by atoms with Gasteiger partial charge in [-0.05, 0) is 128 Å². The first-order valence-electron chi connectivity index (χ1n) is 26.2. The van der Waals surface area contributed by atoms with Gasteiger partial charge in [0.1, 0.15) is 13.2 Å². The van der Waals surface area contributed by atoms with Gasteiger partial charge in [-0.2, -0.15) is 0 Å². The van der Waals surface area contributed by atoms with Crippen LogP contribution in [-0.2, 0) is 28.6 Å². The normalized spacial score (nSPS) is 13.2. The summed E-state index contributed by atoms with van der Waals surface area (Å²) in [7, 11) is 0. The largest absolute Gasteiger partial charge is 0.462 e. The predicted octanol–water partition coefficient (Wildman–Crippen LogP) is 17.5. The predicted molar refractivity (Wildman–Crippen MR) is 283 cm³/mol. The van der Waals surface area contributed by atoms with Crippen LogP contribution in [0.4, 0.5) is 0 Å². The lowest BCUT2D eigenvalue weighted by Crippen LogP contribution is -2.30. The molecule has 0 amide bonds. The molecule has 0 aliphatic heterocycles. The molecule has 0 aromatic rings. The minimum Gasteiger partial charge on any atom is -0.462 e. The molecular weight excluding hydrogens is 817 g/mol. The molecule has 0 fully saturated rings. The highest BCUT2D eigenvalue weighted by atomic mass is 16.6. The van der Waals surface area contributed by atoms with Crippen LogP contribution in [0, 0.1) is 0 Å². The van der Waals surface area contributed by atoms with Gasteiger partial charge < -0.3 is 14.2 Å². The van der Waals surface area contributed by atoms with Gasteiger partial charge in [0.25, 0.3) is 0 Å². The Morgan fingerprint density at radius 3 is 0.970 bits per heavy atom. The third-order valence-corrected chi connectivity index (χ3v) is 10.4. The summed E-state index contributed by atoms with van der Waals surface area (Å²) in [6.45, 7) is 6.27. The van der Waals surface area contributed by atoms with E-state index in [1.807, 2.05) is 0 Å². The highest BCUT2D eigenvalue weighted by molar-refractivity contribution is 5.71. The lowest BCUT2D eigenvalue weighted by Gasteiger charge is -2.18. The minimum atomic E-state index is -0.824. The van der Waals surface area contributed by atoms with E-state index in [4.69, 9.17) is 14.2 Å². The zero-order valence-corrected chi connectivity index (χ0v) is 42.1. The van der Waals surface area contributed by atoms with E-state index in [-0.39, 0.29) is 37.5 Å². The number of esters is 3. The Labute approximate surface area is 405 Å². The fourth-order valence-corrected chi connectivity index (χ4v) is 6.47. The van der Waals surface area contributed by atoms with Gasteiger partial charge in [0.2, 0.25) is 0 Å². The molecule has 0 saturated carbocycles. The van der Waals surface area contributed by atoms with Gasteiger partial charge in [-0.3, -0.25) is 14.4 Å². The van der Waals surface area contributed by atoms with Crippen LogP contribution in [0.2, 0.25) is 0 Å². The smallest absolute Gasteiger partial charge is 0.306 e. The number of hydrogen-bond donors (Lipinski definition) is 0. The van der Waals surface area contributed by atoms with Crippen molar-refractivity contribution in [3.05, 3.63) is 134 Å². The maximum atomic E-state index is 12.8. The zero-order chi connectivity index (χ0) is 47.9. The number of rotatable bonds is 45. The molecule has 6 heteroatoms. The van der Waals surface area contributed by atoms with Crippen molar-refractivity contribution in [3.63, 3.8) is 0 Å². The molecule has 0 aliphatic carbocycles. The molecule has 6 nitrogen and oxygen atoms in total. The maximum Gasteiger partial charge on any atom is 0.306 e. The van der Waals surface area contributed by atoms with E-state index in [9.17, 15) is 14.4 Å². The SMILES string of the molecule is CC/C=C\C/C=C\C/C=C\C/C=C\C/C=C\CCCCCC(=O)OCC(COC(=O)CCCCCCC/C=C\C/C=C\CCCC)OC(=O)CCCC/C=C\C/C=C\C/C=C\C/C=C\CC. The lowest BCUT2D eigenvalue weighted by atomic mass is 10.1. The average molecular weight is 911 g/mol. The van der Waals surface area contributed by atoms with E-state index in [0.717, 1.165) is 141 Å². The Bertz CT molecular complexity index is 1460. The molecule has 0 spiro atoms. The summed E-state index contributed by atoms with van der Waals surface area (Å²) in [5.41, 5.74) is 0. The molecule has 0 aromatic carbocycles. The van der Waals surface area contributed by atoms with Crippen molar-refractivity contribution in [3.8, 4) is 0 Å². The van der Waals surface area contributed by atoms with E-state index in [1.165, 1.54) is 19.3 Å². The summed E-state index contributed by atoms with van der Waals surface area (Å²) in [4.78, 5) is 38.0. The number of allylic oxidation sites excluding steroid dienone is 22. The minimum absolute atomic E-state index is 0.118. The molecule has 0 bridgehead atoms. The first-order valence-corrected chi connectivity index (χ1v) is 26.2. The summed E-state index contributed by atoms with van der Waals surface area (Å²) >= 11 is 0. The summed E-state index contributed by atoms with van der Waals surface area (Å²) in [5.74, 6) is -1.02. The second kappa shape index (κ2) is 53.2. The van der Waals surface area contributed by atoms with E-state index >= 15 is 0 Å². The molecule has 0 aromatic heterocycles. The summed E-state index contributed by atoms with van der Waals surface area (Å²) in [6, 6.07) is 0. The van der Waals surface area contributed by atoms with Crippen LogP contribution in [0.1, 0.15) is 207 Å². The molecule has 0 radical (unpaired) electrons. The Hall–Kier alpha value is -4.45. The van der Waals surface area contributed by atoms with Crippen molar-refractivity contribution < 1.29 is 28.6 Å². The van der Waals surface area contributed by atoms with Gasteiger partial charge >= 0.3 is 17.9 Å². The van der Waals surface area contributed by atoms with Crippen LogP contribution in [0.25, 0.3) is 0 Å². The lowest BCUT2D eigenvalue weighted by molar-refractivity contribution is -0.167. The van der Waals surface area contributed by atoms with Crippen molar-refractivity contribution in [1.82, 2.24) is 0 Å². The number of carbonyl (C=O) groups excluding carboxylic acids is 3. The Morgan fingerprint density at radius 2 is 0.591 bits per heavy atom. The first kappa shape index (κ1) is 61.5. The Morgan fingerprint density at radius 1 is 0.318 bits per heavy atom. The van der Waals surface area contributed by atoms with Crippen LogP contribution in [-0.4, -0.2) is 37.2 Å². The number of hydrogen-bond acceptors (Lipinski definition) is 6. The monoisotopic (exact) mass is 911 g/mol. The number of unbranched alkanes of at least 4 members (excludes halogenated alkanes) is 12. The van der Waals surface area contributed by atoms with Crippen molar-refractivity contribution in [2.24, 2.45) is 0 Å². The molecule has 0 N–H and O–H groups in total. The standard InChI is InChI=1S/C60H94O6/c1-4-7-10-13-16-19-22-25-28-29-30-31-33-35-38-41-44-47-50-53-59(62)65-56-57(55-64-58(61)52-49-46-43-40-37-34-27-24-21-18-15-12-9-6-3)66-60(63)54-51-48-45-42-39-36-32-26-23-20-17-14-11-8-5-2/h7-8,10-11,15-20,24-28,30-32,35,38-39,42,57H,4-6,9,12-14,21-23,29,33-34,36-37,40-41,43-56H2,1-3H3/b10-7-,11-8-,18-15-,19-16-,20-17-,27-24-,28-25-,31-30-,32-26-,38-35-,42-39-. The van der Waals surface area contributed by atoms with Crippen molar-refractivity contribution >= 4 is 17.9 Å². The van der Waals surface area contributed by atoms with Gasteiger partial charge in [0.15, 0.2) is 6.10 Å². The van der Waals surface area contributed by atoms with E-state index in [1.54, 1.807) is 0 Å². The van der Waals surface area contributed by atoms with Crippen LogP contribution in [0.3, 0.4) is 0 Å². The zero-order valence-electron chi connectivity index (χ0n) is 42.1. The third-order valence-electron chi connectivity index (χ3n) is 10.4. The molecule has 370 valence electrons. The van der Waals surface area contributed by atoms with E-state index < -0.39 is 6.10 Å². The topological polar surface area (TPSA) is 78.9 Å². The highest BCUT2D eigenvalue weighted by Gasteiger charge is 2.19.